The summed E-state index contributed by atoms with van der Waals surface area (Å²) in [6, 6.07) is 6.07. The molecular weight excluding hydrogens is 274 g/mol. The minimum Gasteiger partial charge on any atom is -0.324 e. The molecule has 1 aromatic carbocycles. The van der Waals surface area contributed by atoms with Gasteiger partial charge in [0.05, 0.1) is 6.54 Å². The third kappa shape index (κ3) is 4.68. The molecular formula is C18H27N3O. The first kappa shape index (κ1) is 16.7. The second-order valence-electron chi connectivity index (χ2n) is 6.32. The summed E-state index contributed by atoms with van der Waals surface area (Å²) in [7, 11) is 0. The van der Waals surface area contributed by atoms with Crippen LogP contribution in [0.5, 0.6) is 0 Å². The largest absolute Gasteiger partial charge is 0.324 e. The number of hydrogen-bond acceptors (Lipinski definition) is 3. The Morgan fingerprint density at radius 1 is 1.09 bits per heavy atom. The van der Waals surface area contributed by atoms with Gasteiger partial charge in [0.15, 0.2) is 0 Å². The van der Waals surface area contributed by atoms with E-state index < -0.39 is 0 Å². The molecule has 2 rings (SSSR count). The normalized spacial score (nSPS) is 16.5. The fraction of sp³-hybridized carbons (Fsp3) is 0.500. The highest BCUT2D eigenvalue weighted by Gasteiger charge is 2.19. The molecule has 0 unspecified atom stereocenters. The first-order valence-corrected chi connectivity index (χ1v) is 7.91. The van der Waals surface area contributed by atoms with E-state index in [1.54, 1.807) is 0 Å². The Bertz CT molecular complexity index is 525. The van der Waals surface area contributed by atoms with Gasteiger partial charge in [-0.15, -0.1) is 0 Å². The van der Waals surface area contributed by atoms with Gasteiger partial charge in [-0.1, -0.05) is 30.4 Å². The van der Waals surface area contributed by atoms with Gasteiger partial charge in [-0.25, -0.2) is 0 Å². The van der Waals surface area contributed by atoms with Crippen LogP contribution in [0.15, 0.2) is 30.4 Å². The zero-order valence-corrected chi connectivity index (χ0v) is 14.0. The molecule has 0 saturated carbocycles. The Morgan fingerprint density at radius 2 is 1.59 bits per heavy atom. The van der Waals surface area contributed by atoms with Crippen LogP contribution >= 0.6 is 0 Å². The number of hydrogen-bond donors (Lipinski definition) is 1. The Hall–Kier alpha value is -1.65. The molecule has 0 bridgehead atoms. The minimum atomic E-state index is 0.0748. The Labute approximate surface area is 133 Å². The molecule has 1 aliphatic heterocycles. The number of nitrogens with zero attached hydrogens (tertiary/aromatic N) is 2. The van der Waals surface area contributed by atoms with Crippen molar-refractivity contribution in [1.82, 2.24) is 9.80 Å². The average Bonchev–Trinajstić information content (AvgIpc) is 2.45. The molecule has 1 aromatic rings. The van der Waals surface area contributed by atoms with Gasteiger partial charge in [-0.3, -0.25) is 14.6 Å². The van der Waals surface area contributed by atoms with Crippen molar-refractivity contribution in [2.75, 3.05) is 44.6 Å². The van der Waals surface area contributed by atoms with E-state index in [0.29, 0.717) is 6.54 Å². The van der Waals surface area contributed by atoms with Crippen LogP contribution < -0.4 is 5.32 Å². The number of amides is 1. The number of carbonyl (C=O) groups excluding carboxylic acids is 1. The fourth-order valence-corrected chi connectivity index (χ4v) is 2.88. The van der Waals surface area contributed by atoms with E-state index in [1.165, 1.54) is 5.57 Å². The number of para-hydroxylation sites is 1. The van der Waals surface area contributed by atoms with Gasteiger partial charge < -0.3 is 5.32 Å². The van der Waals surface area contributed by atoms with E-state index in [4.69, 9.17) is 0 Å². The summed E-state index contributed by atoms with van der Waals surface area (Å²) in [5, 5.41) is 3.06. The zero-order valence-electron chi connectivity index (χ0n) is 14.0. The van der Waals surface area contributed by atoms with Gasteiger partial charge in [-0.2, -0.15) is 0 Å². The Balaban J connectivity index is 1.82. The molecule has 1 saturated heterocycles. The summed E-state index contributed by atoms with van der Waals surface area (Å²) in [6.07, 6.45) is 0. The van der Waals surface area contributed by atoms with Crippen LogP contribution in [0.2, 0.25) is 0 Å². The number of anilines is 1. The van der Waals surface area contributed by atoms with Crippen molar-refractivity contribution < 1.29 is 4.79 Å². The van der Waals surface area contributed by atoms with Crippen LogP contribution in [0.4, 0.5) is 5.69 Å². The molecule has 1 amide bonds. The molecule has 4 heteroatoms. The fourth-order valence-electron chi connectivity index (χ4n) is 2.88. The third-order valence-electron chi connectivity index (χ3n) is 4.07. The first-order valence-electron chi connectivity index (χ1n) is 7.91. The summed E-state index contributed by atoms with van der Waals surface area (Å²) in [5.74, 6) is 0.0748. The summed E-state index contributed by atoms with van der Waals surface area (Å²) in [4.78, 5) is 16.9. The van der Waals surface area contributed by atoms with Crippen LogP contribution in [-0.2, 0) is 4.79 Å². The number of carbonyl (C=O) groups is 1. The number of piperazine rings is 1. The van der Waals surface area contributed by atoms with Crippen molar-refractivity contribution >= 4 is 11.6 Å². The second-order valence-corrected chi connectivity index (χ2v) is 6.32. The van der Waals surface area contributed by atoms with E-state index in [9.17, 15) is 4.79 Å². The smallest absolute Gasteiger partial charge is 0.238 e. The second kappa shape index (κ2) is 7.56. The third-order valence-corrected chi connectivity index (χ3v) is 4.07. The lowest BCUT2D eigenvalue weighted by Gasteiger charge is -2.34. The summed E-state index contributed by atoms with van der Waals surface area (Å²) in [5.41, 5.74) is 4.37. The highest BCUT2D eigenvalue weighted by molar-refractivity contribution is 5.93. The highest BCUT2D eigenvalue weighted by atomic mass is 16.2. The van der Waals surface area contributed by atoms with Gasteiger partial charge in [0.2, 0.25) is 5.91 Å². The SMILES string of the molecule is C=C(C)CN1CCN(CC(=O)Nc2c(C)cccc2C)CC1. The van der Waals surface area contributed by atoms with Gasteiger partial charge in [-0.05, 0) is 31.9 Å². The number of nitrogens with one attached hydrogen (secondary N) is 1. The van der Waals surface area contributed by atoms with E-state index in [1.807, 2.05) is 32.0 Å². The van der Waals surface area contributed by atoms with Crippen LogP contribution in [0.3, 0.4) is 0 Å². The molecule has 4 nitrogen and oxygen atoms in total. The summed E-state index contributed by atoms with van der Waals surface area (Å²) >= 11 is 0. The van der Waals surface area contributed by atoms with Crippen LogP contribution in [0, 0.1) is 13.8 Å². The summed E-state index contributed by atoms with van der Waals surface area (Å²) in [6.45, 7) is 15.4. The van der Waals surface area contributed by atoms with Crippen molar-refractivity contribution in [3.63, 3.8) is 0 Å². The minimum absolute atomic E-state index is 0.0748. The number of rotatable bonds is 5. The first-order chi connectivity index (χ1) is 10.5. The van der Waals surface area contributed by atoms with Crippen molar-refractivity contribution in [2.24, 2.45) is 0 Å². The molecule has 0 atom stereocenters. The van der Waals surface area contributed by atoms with Crippen LogP contribution in [0.1, 0.15) is 18.1 Å². The monoisotopic (exact) mass is 301 g/mol. The van der Waals surface area contributed by atoms with Gasteiger partial charge in [0.25, 0.3) is 0 Å². The molecule has 22 heavy (non-hydrogen) atoms. The van der Waals surface area contributed by atoms with Gasteiger partial charge in [0.1, 0.15) is 0 Å². The maximum Gasteiger partial charge on any atom is 0.238 e. The van der Waals surface area contributed by atoms with E-state index in [0.717, 1.165) is 49.5 Å². The molecule has 120 valence electrons. The molecule has 1 heterocycles. The van der Waals surface area contributed by atoms with Crippen LogP contribution in [0.25, 0.3) is 0 Å². The summed E-state index contributed by atoms with van der Waals surface area (Å²) < 4.78 is 0. The Kier molecular flexibility index (Phi) is 5.75. The highest BCUT2D eigenvalue weighted by Crippen LogP contribution is 2.19. The lowest BCUT2D eigenvalue weighted by atomic mass is 10.1. The standard InChI is InChI=1S/C18H27N3O/c1-14(2)12-20-8-10-21(11-9-20)13-17(22)19-18-15(3)6-5-7-16(18)4/h5-7H,1,8-13H2,2-4H3,(H,19,22). The van der Waals surface area contributed by atoms with Gasteiger partial charge in [0, 0.05) is 38.4 Å². The van der Waals surface area contributed by atoms with Gasteiger partial charge >= 0.3 is 0 Å². The van der Waals surface area contributed by atoms with E-state index in [-0.39, 0.29) is 5.91 Å². The van der Waals surface area contributed by atoms with E-state index >= 15 is 0 Å². The maximum atomic E-state index is 12.3. The quantitative estimate of drug-likeness (QED) is 0.849. The molecule has 0 aromatic heterocycles. The lowest BCUT2D eigenvalue weighted by Crippen LogP contribution is -2.48. The van der Waals surface area contributed by atoms with Crippen molar-refractivity contribution in [1.29, 1.82) is 0 Å². The number of benzene rings is 1. The molecule has 0 radical (unpaired) electrons. The molecule has 0 spiro atoms. The zero-order chi connectivity index (χ0) is 16.1. The molecule has 1 aliphatic rings. The predicted molar refractivity (Wildman–Crippen MR) is 92.2 cm³/mol. The predicted octanol–water partition coefficient (Wildman–Crippen LogP) is 2.44. The molecule has 1 N–H and O–H groups in total. The average molecular weight is 301 g/mol. The van der Waals surface area contributed by atoms with Crippen molar-refractivity contribution in [3.8, 4) is 0 Å². The lowest BCUT2D eigenvalue weighted by molar-refractivity contribution is -0.117. The Morgan fingerprint density at radius 3 is 2.09 bits per heavy atom. The number of aryl methyl sites for hydroxylation is 2. The van der Waals surface area contributed by atoms with E-state index in [2.05, 4.69) is 28.6 Å². The molecule has 0 aliphatic carbocycles. The molecule has 1 fully saturated rings. The maximum absolute atomic E-state index is 12.3. The van der Waals surface area contributed by atoms with Crippen molar-refractivity contribution in [2.45, 2.75) is 20.8 Å². The topological polar surface area (TPSA) is 35.6 Å². The van der Waals surface area contributed by atoms with Crippen LogP contribution in [-0.4, -0.2) is 55.0 Å². The van der Waals surface area contributed by atoms with Crippen molar-refractivity contribution in [3.05, 3.63) is 41.5 Å².